The van der Waals surface area contributed by atoms with Crippen molar-refractivity contribution in [2.45, 2.75) is 6.92 Å². The van der Waals surface area contributed by atoms with Crippen molar-refractivity contribution in [2.24, 2.45) is 0 Å². The van der Waals surface area contributed by atoms with Crippen molar-refractivity contribution in [3.63, 3.8) is 0 Å². The molecule has 0 bridgehead atoms. The van der Waals surface area contributed by atoms with Gasteiger partial charge in [0.15, 0.2) is 5.82 Å². The number of aliphatic hydroxyl groups is 1. The fourth-order valence-corrected chi connectivity index (χ4v) is 3.58. The zero-order valence-electron chi connectivity index (χ0n) is 13.3. The number of aryl methyl sites for hydroxylation is 1. The smallest absolute Gasteiger partial charge is 0.156 e. The predicted octanol–water partition coefficient (Wildman–Crippen LogP) is 0.117. The fraction of sp³-hybridized carbons (Fsp3) is 0.412. The van der Waals surface area contributed by atoms with Crippen molar-refractivity contribution in [1.29, 1.82) is 0 Å². The number of aromatic nitrogens is 3. The van der Waals surface area contributed by atoms with Gasteiger partial charge in [-0.25, -0.2) is 9.97 Å². The van der Waals surface area contributed by atoms with Gasteiger partial charge in [-0.3, -0.25) is 0 Å². The molecule has 1 fully saturated rings. The Labute approximate surface area is 134 Å². The number of nitrogens with zero attached hydrogens (tertiary/aromatic N) is 3. The lowest BCUT2D eigenvalue weighted by molar-refractivity contribution is -0.900. The molecule has 4 rings (SSSR count). The molecule has 0 radical (unpaired) electrons. The van der Waals surface area contributed by atoms with Crippen LogP contribution in [0.4, 0.5) is 5.82 Å². The molecule has 3 heterocycles. The summed E-state index contributed by atoms with van der Waals surface area (Å²) in [6.45, 7) is 7.18. The van der Waals surface area contributed by atoms with E-state index < -0.39 is 0 Å². The van der Waals surface area contributed by atoms with E-state index in [1.54, 1.807) is 6.33 Å². The van der Waals surface area contributed by atoms with Crippen LogP contribution in [0.15, 0.2) is 24.5 Å². The molecule has 3 aromatic rings. The summed E-state index contributed by atoms with van der Waals surface area (Å²) in [5.41, 5.74) is 4.39. The minimum absolute atomic E-state index is 0.258. The van der Waals surface area contributed by atoms with Crippen LogP contribution in [0.2, 0.25) is 0 Å². The van der Waals surface area contributed by atoms with Crippen LogP contribution in [0.5, 0.6) is 0 Å². The Morgan fingerprint density at radius 3 is 2.87 bits per heavy atom. The van der Waals surface area contributed by atoms with E-state index in [0.717, 1.165) is 55.1 Å². The van der Waals surface area contributed by atoms with Gasteiger partial charge in [0.05, 0.1) is 32.8 Å². The van der Waals surface area contributed by atoms with Gasteiger partial charge in [0, 0.05) is 10.9 Å². The molecule has 0 atom stereocenters. The molecule has 0 unspecified atom stereocenters. The molecule has 6 nitrogen and oxygen atoms in total. The van der Waals surface area contributed by atoms with Crippen LogP contribution >= 0.6 is 0 Å². The van der Waals surface area contributed by atoms with Gasteiger partial charge < -0.3 is 19.9 Å². The molecule has 6 heteroatoms. The lowest BCUT2D eigenvalue weighted by Crippen LogP contribution is -3.15. The molecular weight excluding hydrogens is 290 g/mol. The van der Waals surface area contributed by atoms with Crippen LogP contribution in [0, 0.1) is 6.92 Å². The lowest BCUT2D eigenvalue weighted by atomic mass is 10.1. The van der Waals surface area contributed by atoms with E-state index in [1.165, 1.54) is 15.8 Å². The molecule has 0 aliphatic carbocycles. The third-order valence-electron chi connectivity index (χ3n) is 4.83. The summed E-state index contributed by atoms with van der Waals surface area (Å²) in [6.07, 6.45) is 1.67. The first-order valence-electron chi connectivity index (χ1n) is 8.19. The van der Waals surface area contributed by atoms with Crippen molar-refractivity contribution in [1.82, 2.24) is 15.0 Å². The lowest BCUT2D eigenvalue weighted by Gasteiger charge is -2.32. The topological polar surface area (TPSA) is 69.5 Å². The molecule has 23 heavy (non-hydrogen) atoms. The number of aliphatic hydroxyl groups excluding tert-OH is 1. The number of fused-ring (bicyclic) bond motifs is 3. The van der Waals surface area contributed by atoms with E-state index >= 15 is 0 Å². The molecule has 2 aromatic heterocycles. The van der Waals surface area contributed by atoms with Gasteiger partial charge in [-0.15, -0.1) is 0 Å². The maximum Gasteiger partial charge on any atom is 0.156 e. The Balaban J connectivity index is 1.74. The van der Waals surface area contributed by atoms with Gasteiger partial charge in [0.1, 0.15) is 23.9 Å². The molecule has 3 N–H and O–H groups in total. The molecule has 0 saturated carbocycles. The van der Waals surface area contributed by atoms with Crippen molar-refractivity contribution >= 4 is 27.8 Å². The first kappa shape index (κ1) is 14.4. The van der Waals surface area contributed by atoms with Gasteiger partial charge in [-0.05, 0) is 18.6 Å². The first-order valence-corrected chi connectivity index (χ1v) is 8.19. The summed E-state index contributed by atoms with van der Waals surface area (Å²) < 4.78 is 0. The number of aromatic amines is 1. The largest absolute Gasteiger partial charge is 0.391 e. The second-order valence-corrected chi connectivity index (χ2v) is 6.25. The summed E-state index contributed by atoms with van der Waals surface area (Å²) in [5.74, 6) is 0.994. The van der Waals surface area contributed by atoms with Crippen molar-refractivity contribution in [3.8, 4) is 0 Å². The SMILES string of the molecule is Cc1cccc2[nH]c3c(N4CC[NH+](CCO)CC4)ncnc3c12. The number of piperazine rings is 1. The number of nitrogens with one attached hydrogen (secondary N) is 2. The average Bonchev–Trinajstić information content (AvgIpc) is 2.96. The van der Waals surface area contributed by atoms with Gasteiger partial charge >= 0.3 is 0 Å². The quantitative estimate of drug-likeness (QED) is 0.642. The third kappa shape index (κ3) is 2.44. The molecule has 0 amide bonds. The molecule has 120 valence electrons. The van der Waals surface area contributed by atoms with Crippen molar-refractivity contribution < 1.29 is 10.0 Å². The number of H-pyrrole nitrogens is 1. The van der Waals surface area contributed by atoms with E-state index in [4.69, 9.17) is 5.11 Å². The summed E-state index contributed by atoms with van der Waals surface area (Å²) in [4.78, 5) is 16.4. The van der Waals surface area contributed by atoms with Gasteiger partial charge in [0.25, 0.3) is 0 Å². The van der Waals surface area contributed by atoms with Crippen molar-refractivity contribution in [2.75, 3.05) is 44.2 Å². The number of rotatable bonds is 3. The summed E-state index contributed by atoms with van der Waals surface area (Å²) in [7, 11) is 0. The molecular formula is C17H22N5O+. The van der Waals surface area contributed by atoms with Gasteiger partial charge in [-0.2, -0.15) is 0 Å². The highest BCUT2D eigenvalue weighted by Crippen LogP contribution is 2.30. The second-order valence-electron chi connectivity index (χ2n) is 6.25. The maximum atomic E-state index is 9.09. The number of hydrogen-bond donors (Lipinski definition) is 3. The Hall–Kier alpha value is -2.18. The second kappa shape index (κ2) is 5.79. The van der Waals surface area contributed by atoms with Crippen LogP contribution in [0.25, 0.3) is 21.9 Å². The van der Waals surface area contributed by atoms with Crippen LogP contribution in [-0.2, 0) is 0 Å². The van der Waals surface area contributed by atoms with E-state index in [9.17, 15) is 0 Å². The molecule has 1 aliphatic heterocycles. The number of quaternary nitrogens is 1. The standard InChI is InChI=1S/C17H21N5O/c1-12-3-2-4-13-14(12)15-16(20-13)17(19-11-18-15)22-7-5-21(6-8-22)9-10-23/h2-4,11,20,23H,5-10H2,1H3/p+1. The Morgan fingerprint density at radius 1 is 1.26 bits per heavy atom. The third-order valence-corrected chi connectivity index (χ3v) is 4.83. The van der Waals surface area contributed by atoms with E-state index in [-0.39, 0.29) is 6.61 Å². The van der Waals surface area contributed by atoms with Crippen LogP contribution in [-0.4, -0.2) is 59.4 Å². The highest BCUT2D eigenvalue weighted by atomic mass is 16.3. The molecule has 1 aliphatic rings. The maximum absolute atomic E-state index is 9.09. The minimum atomic E-state index is 0.258. The predicted molar refractivity (Wildman–Crippen MR) is 91.0 cm³/mol. The Morgan fingerprint density at radius 2 is 2.09 bits per heavy atom. The number of hydrogen-bond acceptors (Lipinski definition) is 4. The zero-order chi connectivity index (χ0) is 15.8. The average molecular weight is 312 g/mol. The van der Waals surface area contributed by atoms with Crippen LogP contribution in [0.3, 0.4) is 0 Å². The first-order chi connectivity index (χ1) is 11.3. The summed E-state index contributed by atoms with van der Waals surface area (Å²) >= 11 is 0. The van der Waals surface area contributed by atoms with Gasteiger partial charge in [-0.1, -0.05) is 12.1 Å². The molecule has 1 aromatic carbocycles. The molecule has 1 saturated heterocycles. The zero-order valence-corrected chi connectivity index (χ0v) is 13.3. The van der Waals surface area contributed by atoms with E-state index in [1.807, 2.05) is 0 Å². The number of benzene rings is 1. The summed E-state index contributed by atoms with van der Waals surface area (Å²) in [6, 6.07) is 6.28. The number of anilines is 1. The Bertz CT molecular complexity index is 835. The van der Waals surface area contributed by atoms with Gasteiger partial charge in [0.2, 0.25) is 0 Å². The minimum Gasteiger partial charge on any atom is -0.391 e. The van der Waals surface area contributed by atoms with Crippen molar-refractivity contribution in [3.05, 3.63) is 30.1 Å². The van der Waals surface area contributed by atoms with Crippen LogP contribution < -0.4 is 9.80 Å². The fourth-order valence-electron chi connectivity index (χ4n) is 3.58. The Kier molecular flexibility index (Phi) is 3.63. The monoisotopic (exact) mass is 312 g/mol. The highest BCUT2D eigenvalue weighted by Gasteiger charge is 2.23. The summed E-state index contributed by atoms with van der Waals surface area (Å²) in [5, 5.41) is 10.3. The van der Waals surface area contributed by atoms with E-state index in [0.29, 0.717) is 0 Å². The highest BCUT2D eigenvalue weighted by molar-refractivity contribution is 6.09. The normalized spacial score (nSPS) is 16.5. The van der Waals surface area contributed by atoms with Crippen LogP contribution in [0.1, 0.15) is 5.56 Å². The molecule has 0 spiro atoms. The van der Waals surface area contributed by atoms with E-state index in [2.05, 4.69) is 45.0 Å².